The van der Waals surface area contributed by atoms with E-state index in [4.69, 9.17) is 26.1 Å². The van der Waals surface area contributed by atoms with Gasteiger partial charge in [0.05, 0.1) is 41.6 Å². The molecule has 2 aliphatic rings. The minimum absolute atomic E-state index is 0.0586. The average Bonchev–Trinajstić information content (AvgIpc) is 3.86. The van der Waals surface area contributed by atoms with Crippen molar-refractivity contribution in [2.45, 2.75) is 25.8 Å². The van der Waals surface area contributed by atoms with Crippen molar-refractivity contribution in [3.8, 4) is 5.75 Å². The molecule has 3 aromatic carbocycles. The summed E-state index contributed by atoms with van der Waals surface area (Å²) >= 11 is 6.32. The van der Waals surface area contributed by atoms with Gasteiger partial charge in [0.2, 0.25) is 5.43 Å². The number of pyridine rings is 2. The predicted octanol–water partition coefficient (Wildman–Crippen LogP) is 6.34. The summed E-state index contributed by atoms with van der Waals surface area (Å²) in [6.07, 6.45) is 3.46. The number of piperazine rings is 1. The first kappa shape index (κ1) is 27.5. The number of ether oxygens (including phenoxy) is 2. The molecule has 1 saturated heterocycles. The third-order valence-electron chi connectivity index (χ3n) is 8.39. The second kappa shape index (κ2) is 10.7. The van der Waals surface area contributed by atoms with E-state index in [1.807, 2.05) is 45.9 Å². The Bertz CT molecular complexity index is 1980. The summed E-state index contributed by atoms with van der Waals surface area (Å²) in [6, 6.07) is 14.8. The maximum Gasteiger partial charge on any atom is 0.343 e. The van der Waals surface area contributed by atoms with E-state index in [1.54, 1.807) is 26.3 Å². The monoisotopic (exact) mass is 600 g/mol. The molecule has 1 saturated carbocycles. The van der Waals surface area contributed by atoms with Crippen LogP contribution < -0.4 is 20.0 Å². The van der Waals surface area contributed by atoms with Crippen LogP contribution in [0.2, 0.25) is 5.02 Å². The lowest BCUT2D eigenvalue weighted by molar-refractivity contribution is 0.0524. The summed E-state index contributed by atoms with van der Waals surface area (Å²) in [7, 11) is 1.65. The summed E-state index contributed by atoms with van der Waals surface area (Å²) in [5.41, 5.74) is 3.21. The van der Waals surface area contributed by atoms with E-state index in [0.29, 0.717) is 42.4 Å². The van der Waals surface area contributed by atoms with Crippen LogP contribution >= 0.6 is 11.6 Å². The summed E-state index contributed by atoms with van der Waals surface area (Å²) in [5, 5.41) is 2.78. The molecule has 220 valence electrons. The number of anilines is 2. The molecule has 1 aliphatic carbocycles. The molecular formula is C33H30ClFN4O4. The molecule has 3 heterocycles. The second-order valence-electron chi connectivity index (χ2n) is 11.0. The number of esters is 1. The number of benzene rings is 3. The molecule has 0 amide bonds. The van der Waals surface area contributed by atoms with Crippen LogP contribution in [-0.2, 0) is 4.74 Å². The Morgan fingerprint density at radius 1 is 0.977 bits per heavy atom. The van der Waals surface area contributed by atoms with Gasteiger partial charge in [-0.2, -0.15) is 0 Å². The number of hydrogen-bond acceptors (Lipinski definition) is 7. The molecule has 0 unspecified atom stereocenters. The summed E-state index contributed by atoms with van der Waals surface area (Å²) in [5.74, 6) is -0.422. The van der Waals surface area contributed by atoms with Crippen LogP contribution in [-0.4, -0.2) is 55.4 Å². The van der Waals surface area contributed by atoms with Crippen molar-refractivity contribution < 1.29 is 18.7 Å². The lowest BCUT2D eigenvalue weighted by Gasteiger charge is -2.38. The molecular weight excluding hydrogens is 571 g/mol. The average molecular weight is 601 g/mol. The van der Waals surface area contributed by atoms with Gasteiger partial charge in [-0.25, -0.2) is 14.2 Å². The van der Waals surface area contributed by atoms with Crippen molar-refractivity contribution in [3.63, 3.8) is 0 Å². The first-order valence-corrected chi connectivity index (χ1v) is 14.9. The normalized spacial score (nSPS) is 15.4. The zero-order valence-electron chi connectivity index (χ0n) is 23.9. The molecule has 0 bridgehead atoms. The van der Waals surface area contributed by atoms with Gasteiger partial charge in [0.15, 0.2) is 0 Å². The first-order chi connectivity index (χ1) is 20.9. The number of hydrogen-bond donors (Lipinski definition) is 0. The Balaban J connectivity index is 1.25. The van der Waals surface area contributed by atoms with Gasteiger partial charge in [-0.15, -0.1) is 0 Å². The highest BCUT2D eigenvalue weighted by atomic mass is 35.5. The van der Waals surface area contributed by atoms with Crippen LogP contribution in [0.15, 0.2) is 59.5 Å². The van der Waals surface area contributed by atoms with E-state index in [1.165, 1.54) is 6.07 Å². The molecule has 2 aromatic heterocycles. The van der Waals surface area contributed by atoms with E-state index in [2.05, 4.69) is 4.90 Å². The van der Waals surface area contributed by atoms with E-state index in [0.717, 1.165) is 46.1 Å². The summed E-state index contributed by atoms with van der Waals surface area (Å²) in [4.78, 5) is 34.9. The van der Waals surface area contributed by atoms with Gasteiger partial charge in [0.25, 0.3) is 0 Å². The fraction of sp³-hybridized carbons (Fsp3) is 0.303. The molecule has 0 radical (unpaired) electrons. The van der Waals surface area contributed by atoms with Crippen LogP contribution in [0, 0.1) is 5.82 Å². The maximum absolute atomic E-state index is 15.7. The number of aromatic nitrogens is 2. The van der Waals surface area contributed by atoms with Crippen LogP contribution in [0.4, 0.5) is 15.8 Å². The van der Waals surface area contributed by atoms with Crippen LogP contribution in [0.25, 0.3) is 32.7 Å². The van der Waals surface area contributed by atoms with Crippen LogP contribution in [0.3, 0.4) is 0 Å². The van der Waals surface area contributed by atoms with Crippen molar-refractivity contribution >= 4 is 61.7 Å². The largest absolute Gasteiger partial charge is 0.497 e. The minimum Gasteiger partial charge on any atom is -0.497 e. The number of rotatable bonds is 6. The third-order valence-corrected chi connectivity index (χ3v) is 8.62. The molecule has 0 atom stereocenters. The smallest absolute Gasteiger partial charge is 0.343 e. The lowest BCUT2D eigenvalue weighted by Crippen LogP contribution is -2.47. The summed E-state index contributed by atoms with van der Waals surface area (Å²) in [6.45, 7) is 4.27. The van der Waals surface area contributed by atoms with Crippen molar-refractivity contribution in [3.05, 3.63) is 81.4 Å². The number of fused-ring (bicyclic) bond motifs is 3. The van der Waals surface area contributed by atoms with E-state index in [9.17, 15) is 9.59 Å². The number of halogens is 2. The zero-order valence-corrected chi connectivity index (χ0v) is 24.7. The van der Waals surface area contributed by atoms with Crippen molar-refractivity contribution in [2.75, 3.05) is 49.7 Å². The Kier molecular flexibility index (Phi) is 6.85. The molecule has 1 aliphatic heterocycles. The van der Waals surface area contributed by atoms with Crippen molar-refractivity contribution in [1.82, 2.24) is 9.55 Å². The number of nitrogens with zero attached hydrogens (tertiary/aromatic N) is 4. The Morgan fingerprint density at radius 3 is 2.47 bits per heavy atom. The van der Waals surface area contributed by atoms with Gasteiger partial charge < -0.3 is 23.8 Å². The highest BCUT2D eigenvalue weighted by Gasteiger charge is 2.29. The number of carbonyl (C=O) groups excluding carboxylic acids is 1. The van der Waals surface area contributed by atoms with Crippen molar-refractivity contribution in [2.24, 2.45) is 0 Å². The van der Waals surface area contributed by atoms with Gasteiger partial charge in [-0.1, -0.05) is 11.6 Å². The fourth-order valence-corrected chi connectivity index (χ4v) is 6.29. The molecule has 5 aromatic rings. The molecule has 8 nitrogen and oxygen atoms in total. The standard InChI is InChI=1S/C33H30ClFN4O4/c1-3-43-33(41)25-18-39(20-5-6-20)29-17-30(26(35)16-24(29)32(25)40)37-10-12-38(13-11-37)31-22-8-4-19(34)14-28(22)36-27-9-7-21(42-2)15-23(27)31/h4,7-9,14-18,20H,3,5-6,10-13H2,1-2H3. The maximum atomic E-state index is 15.7. The minimum atomic E-state index is -0.680. The highest BCUT2D eigenvalue weighted by molar-refractivity contribution is 6.31. The lowest BCUT2D eigenvalue weighted by atomic mass is 10.0. The van der Waals surface area contributed by atoms with Gasteiger partial charge >= 0.3 is 5.97 Å². The summed E-state index contributed by atoms with van der Waals surface area (Å²) < 4.78 is 28.3. The Morgan fingerprint density at radius 2 is 1.74 bits per heavy atom. The molecule has 10 heteroatoms. The van der Waals surface area contributed by atoms with E-state index >= 15 is 4.39 Å². The molecule has 7 rings (SSSR count). The van der Waals surface area contributed by atoms with Crippen molar-refractivity contribution in [1.29, 1.82) is 0 Å². The van der Waals surface area contributed by atoms with Gasteiger partial charge in [0, 0.05) is 59.6 Å². The quantitative estimate of drug-likeness (QED) is 0.166. The molecule has 2 fully saturated rings. The third kappa shape index (κ3) is 4.81. The first-order valence-electron chi connectivity index (χ1n) is 14.5. The van der Waals surface area contributed by atoms with Gasteiger partial charge in [-0.05, 0) is 68.3 Å². The SMILES string of the molecule is CCOC(=O)c1cn(C2CC2)c2cc(N3CCN(c4c5ccc(Cl)cc5nc5ccc(OC)cc45)CC3)c(F)cc2c1=O. The predicted molar refractivity (Wildman–Crippen MR) is 168 cm³/mol. The molecule has 0 spiro atoms. The molecule has 43 heavy (non-hydrogen) atoms. The zero-order chi connectivity index (χ0) is 29.8. The van der Waals surface area contributed by atoms with Crippen LogP contribution in [0.1, 0.15) is 36.2 Å². The van der Waals surface area contributed by atoms with E-state index in [-0.39, 0.29) is 23.6 Å². The van der Waals surface area contributed by atoms with Gasteiger partial charge in [-0.3, -0.25) is 4.79 Å². The van der Waals surface area contributed by atoms with E-state index < -0.39 is 17.2 Å². The second-order valence-corrected chi connectivity index (χ2v) is 11.5. The molecule has 0 N–H and O–H groups in total. The Hall–Kier alpha value is -4.37. The van der Waals surface area contributed by atoms with Gasteiger partial charge in [0.1, 0.15) is 17.1 Å². The Labute approximate surface area is 252 Å². The number of methoxy groups -OCH3 is 1. The fourth-order valence-electron chi connectivity index (χ4n) is 6.12. The topological polar surface area (TPSA) is 76.9 Å². The van der Waals surface area contributed by atoms with Crippen LogP contribution in [0.5, 0.6) is 5.75 Å². The highest BCUT2D eigenvalue weighted by Crippen LogP contribution is 2.40. The number of carbonyl (C=O) groups is 1.